The summed E-state index contributed by atoms with van der Waals surface area (Å²) < 4.78 is 48.4. The van der Waals surface area contributed by atoms with Gasteiger partial charge in [-0.25, -0.2) is 0 Å². The van der Waals surface area contributed by atoms with Gasteiger partial charge in [0.1, 0.15) is 42.4 Å². The number of esters is 3. The molecule has 330 valence electrons. The van der Waals surface area contributed by atoms with Gasteiger partial charge in [-0.3, -0.25) is 19.2 Å². The number of allylic oxidation sites excluding steroid dienone is 3. The monoisotopic (exact) mass is 825 g/mol. The SMILES string of the molecule is CO[C@@H]1[C@@H](O[C@@H]2O[C@H](C)[C@@H](O[C@H]3C[C@@](C)(O)[C@@H](OC(=O)CC(C)C)[C@H](C)O3)[C@H](N(C)C)[C@H]2O)[C@@H](CC=O)C[C@@H](C)C(=O)/C=C/C=C/C[C@@H](C)OC(=O)C[C@H]1OC(C)=O. The molecule has 0 radical (unpaired) electrons. The summed E-state index contributed by atoms with van der Waals surface area (Å²) >= 11 is 0. The third kappa shape index (κ3) is 14.0. The van der Waals surface area contributed by atoms with Crippen LogP contribution in [-0.2, 0) is 61.9 Å². The van der Waals surface area contributed by atoms with Gasteiger partial charge in [0.25, 0.3) is 0 Å². The second kappa shape index (κ2) is 22.5. The van der Waals surface area contributed by atoms with Gasteiger partial charge in [0.05, 0.1) is 30.8 Å². The molecule has 3 heterocycles. The Kier molecular flexibility index (Phi) is 19.1. The summed E-state index contributed by atoms with van der Waals surface area (Å²) in [7, 11) is 4.82. The second-order valence-electron chi connectivity index (χ2n) is 16.8. The summed E-state index contributed by atoms with van der Waals surface area (Å²) in [6.45, 7) is 13.4. The number of cyclic esters (lactones) is 1. The quantitative estimate of drug-likeness (QED) is 0.165. The molecule has 0 amide bonds. The van der Waals surface area contributed by atoms with Crippen molar-refractivity contribution in [2.45, 2.75) is 173 Å². The van der Waals surface area contributed by atoms with E-state index in [4.69, 9.17) is 37.9 Å². The minimum Gasteiger partial charge on any atom is -0.462 e. The average Bonchev–Trinajstić information content (AvgIpc) is 3.09. The van der Waals surface area contributed by atoms with Crippen LogP contribution in [0, 0.1) is 17.8 Å². The van der Waals surface area contributed by atoms with Gasteiger partial charge in [-0.05, 0) is 66.1 Å². The lowest BCUT2D eigenvalue weighted by Crippen LogP contribution is -2.66. The fourth-order valence-corrected chi connectivity index (χ4v) is 7.98. The van der Waals surface area contributed by atoms with Crippen LogP contribution >= 0.6 is 0 Å². The molecular formula is C42H67NO15. The minimum absolute atomic E-state index is 0.0531. The van der Waals surface area contributed by atoms with E-state index in [2.05, 4.69) is 0 Å². The first kappa shape index (κ1) is 49.3. The zero-order valence-electron chi connectivity index (χ0n) is 35.9. The van der Waals surface area contributed by atoms with E-state index in [1.54, 1.807) is 71.8 Å². The summed E-state index contributed by atoms with van der Waals surface area (Å²) in [5.74, 6) is -3.31. The largest absolute Gasteiger partial charge is 0.462 e. The molecule has 2 fully saturated rings. The van der Waals surface area contributed by atoms with E-state index in [0.717, 1.165) is 0 Å². The van der Waals surface area contributed by atoms with Gasteiger partial charge in [0.2, 0.25) is 0 Å². The van der Waals surface area contributed by atoms with Crippen LogP contribution in [0.1, 0.15) is 93.9 Å². The van der Waals surface area contributed by atoms with Crippen molar-refractivity contribution in [3.63, 3.8) is 0 Å². The molecule has 0 aromatic carbocycles. The van der Waals surface area contributed by atoms with E-state index >= 15 is 0 Å². The van der Waals surface area contributed by atoms with Crippen LogP contribution in [0.5, 0.6) is 0 Å². The zero-order valence-corrected chi connectivity index (χ0v) is 35.9. The van der Waals surface area contributed by atoms with Gasteiger partial charge in [0.15, 0.2) is 24.5 Å². The van der Waals surface area contributed by atoms with Crippen molar-refractivity contribution >= 4 is 30.0 Å². The van der Waals surface area contributed by atoms with Crippen LogP contribution in [0.4, 0.5) is 0 Å². The Morgan fingerprint density at radius 2 is 1.71 bits per heavy atom. The highest BCUT2D eigenvalue weighted by Crippen LogP contribution is 2.37. The third-order valence-electron chi connectivity index (χ3n) is 10.8. The van der Waals surface area contributed by atoms with Gasteiger partial charge >= 0.3 is 17.9 Å². The molecule has 0 aromatic rings. The molecule has 0 bridgehead atoms. The van der Waals surface area contributed by atoms with Crippen molar-refractivity contribution in [1.29, 1.82) is 0 Å². The molecule has 0 aromatic heterocycles. The molecular weight excluding hydrogens is 758 g/mol. The Morgan fingerprint density at radius 1 is 1.02 bits per heavy atom. The molecule has 3 rings (SSSR count). The van der Waals surface area contributed by atoms with Crippen LogP contribution in [0.2, 0.25) is 0 Å². The number of rotatable bonds is 12. The van der Waals surface area contributed by atoms with E-state index in [1.807, 2.05) is 13.8 Å². The summed E-state index contributed by atoms with van der Waals surface area (Å²) in [6.07, 6.45) is -4.02. The molecule has 2 saturated heterocycles. The van der Waals surface area contributed by atoms with E-state index < -0.39 is 115 Å². The van der Waals surface area contributed by atoms with E-state index in [0.29, 0.717) is 12.7 Å². The summed E-state index contributed by atoms with van der Waals surface area (Å²) in [5, 5.41) is 23.5. The Balaban J connectivity index is 1.98. The van der Waals surface area contributed by atoms with Crippen molar-refractivity contribution in [3.05, 3.63) is 24.3 Å². The molecule has 3 aliphatic heterocycles. The van der Waals surface area contributed by atoms with Crippen molar-refractivity contribution in [1.82, 2.24) is 4.90 Å². The van der Waals surface area contributed by atoms with E-state index in [-0.39, 0.29) is 37.4 Å². The fourth-order valence-electron chi connectivity index (χ4n) is 7.98. The topological polar surface area (TPSA) is 203 Å². The summed E-state index contributed by atoms with van der Waals surface area (Å²) in [4.78, 5) is 65.4. The van der Waals surface area contributed by atoms with Crippen molar-refractivity contribution in [2.24, 2.45) is 17.8 Å². The Morgan fingerprint density at radius 3 is 2.29 bits per heavy atom. The number of carbonyl (C=O) groups is 5. The Bertz CT molecular complexity index is 1430. The number of ketones is 1. The number of carbonyl (C=O) groups excluding carboxylic acids is 5. The number of likely N-dealkylation sites (N-methyl/N-ethyl adjacent to an activating group) is 1. The zero-order chi connectivity index (χ0) is 43.5. The number of nitrogens with zero attached hydrogens (tertiary/aromatic N) is 1. The van der Waals surface area contributed by atoms with Gasteiger partial charge in [-0.1, -0.05) is 39.0 Å². The Hall–Kier alpha value is -3.09. The first-order valence-corrected chi connectivity index (χ1v) is 20.3. The highest BCUT2D eigenvalue weighted by Gasteiger charge is 2.53. The number of methoxy groups -OCH3 is 1. The van der Waals surface area contributed by atoms with Crippen molar-refractivity contribution in [3.8, 4) is 0 Å². The van der Waals surface area contributed by atoms with Crippen molar-refractivity contribution < 1.29 is 72.1 Å². The molecule has 15 atom stereocenters. The van der Waals surface area contributed by atoms with E-state index in [1.165, 1.54) is 20.1 Å². The highest BCUT2D eigenvalue weighted by molar-refractivity contribution is 5.91. The smallest absolute Gasteiger partial charge is 0.309 e. The molecule has 0 saturated carbocycles. The third-order valence-corrected chi connectivity index (χ3v) is 10.8. The van der Waals surface area contributed by atoms with Gasteiger partial charge in [-0.2, -0.15) is 0 Å². The molecule has 0 unspecified atom stereocenters. The van der Waals surface area contributed by atoms with Gasteiger partial charge in [-0.15, -0.1) is 0 Å². The molecule has 3 aliphatic rings. The fraction of sp³-hybridized carbons (Fsp3) is 0.786. The normalized spacial score (nSPS) is 39.4. The average molecular weight is 826 g/mol. The van der Waals surface area contributed by atoms with Gasteiger partial charge < -0.3 is 57.8 Å². The summed E-state index contributed by atoms with van der Waals surface area (Å²) in [6, 6.07) is -0.796. The van der Waals surface area contributed by atoms with Crippen LogP contribution in [0.3, 0.4) is 0 Å². The van der Waals surface area contributed by atoms with Gasteiger partial charge in [0, 0.05) is 45.6 Å². The minimum atomic E-state index is -1.51. The second-order valence-corrected chi connectivity index (χ2v) is 16.8. The molecule has 16 nitrogen and oxygen atoms in total. The number of ether oxygens (including phenoxy) is 8. The Labute approximate surface area is 342 Å². The molecule has 0 aliphatic carbocycles. The predicted molar refractivity (Wildman–Crippen MR) is 209 cm³/mol. The molecule has 16 heteroatoms. The van der Waals surface area contributed by atoms with Crippen LogP contribution in [-0.4, -0.2) is 145 Å². The van der Waals surface area contributed by atoms with E-state index in [9.17, 15) is 34.2 Å². The lowest BCUT2D eigenvalue weighted by molar-refractivity contribution is -0.344. The highest BCUT2D eigenvalue weighted by atomic mass is 16.7. The van der Waals surface area contributed by atoms with Crippen LogP contribution < -0.4 is 0 Å². The van der Waals surface area contributed by atoms with Crippen LogP contribution in [0.25, 0.3) is 0 Å². The maximum absolute atomic E-state index is 13.2. The number of aliphatic hydroxyl groups excluding tert-OH is 1. The molecule has 0 spiro atoms. The maximum atomic E-state index is 13.2. The molecule has 2 N–H and O–H groups in total. The molecule has 58 heavy (non-hydrogen) atoms. The number of hydrogen-bond donors (Lipinski definition) is 2. The standard InChI is InChI=1S/C42H67NO15/c1-23(2)19-32(47)56-40-27(6)53-34(22-42(40,8)50)57-37-26(5)54-41(36(49)35(37)43(9)10)58-38-29(17-18-44)20-24(3)30(46)16-14-12-13-15-25(4)52-33(48)21-31(39(38)51-11)55-28(7)45/h12-14,16,18,23-27,29,31,34-41,49-50H,15,17,19-22H2,1-11H3/b13-12+,16-14+/t24-,25-,26-,27+,29+,31-,34+,35-,36-,37-,38+,39+,40+,41+,42-/m1/s1. The lowest BCUT2D eigenvalue weighted by atomic mass is 9.83. The number of aldehydes is 1. The predicted octanol–water partition coefficient (Wildman–Crippen LogP) is 3.22. The number of hydrogen-bond acceptors (Lipinski definition) is 16. The lowest BCUT2D eigenvalue weighted by Gasteiger charge is -2.50. The van der Waals surface area contributed by atoms with Crippen LogP contribution in [0.15, 0.2) is 24.3 Å². The summed E-state index contributed by atoms with van der Waals surface area (Å²) in [5.41, 5.74) is -1.51. The number of aliphatic hydroxyl groups is 2. The first-order chi connectivity index (χ1) is 27.2. The first-order valence-electron chi connectivity index (χ1n) is 20.3. The maximum Gasteiger partial charge on any atom is 0.309 e. The van der Waals surface area contributed by atoms with Crippen molar-refractivity contribution in [2.75, 3.05) is 21.2 Å².